The van der Waals surface area contributed by atoms with Crippen LogP contribution in [-0.4, -0.2) is 121 Å². The maximum Gasteiger partial charge on any atom is 0.312 e. The Morgan fingerprint density at radius 3 is 2.76 bits per heavy atom. The molecule has 0 saturated carbocycles. The van der Waals surface area contributed by atoms with Crippen molar-refractivity contribution in [2.75, 3.05) is 59.2 Å². The lowest BCUT2D eigenvalue weighted by atomic mass is 9.70. The van der Waals surface area contributed by atoms with E-state index >= 15 is 0 Å². The molecule has 4 rings (SSSR count). The molecule has 6 atom stereocenters. The summed E-state index contributed by atoms with van der Waals surface area (Å²) in [5, 5.41) is 9.93. The SMILES string of the molecule is C=CCN(CCN1CCOCC1)C(=O)C1N([C@H](C)CO)C(=O)[C@@H]2[C@H](C(=O)OCC)[C@@H]3CCC12O3. The van der Waals surface area contributed by atoms with Crippen molar-refractivity contribution in [2.24, 2.45) is 11.8 Å². The molecule has 34 heavy (non-hydrogen) atoms. The number of carbonyl (C=O) groups excluding carboxylic acids is 3. The van der Waals surface area contributed by atoms with E-state index in [9.17, 15) is 19.5 Å². The molecule has 0 aromatic rings. The van der Waals surface area contributed by atoms with Crippen LogP contribution in [0.4, 0.5) is 0 Å². The lowest BCUT2D eigenvalue weighted by Crippen LogP contribution is -2.59. The van der Waals surface area contributed by atoms with E-state index in [4.69, 9.17) is 14.2 Å². The number of aliphatic hydroxyl groups is 1. The molecular formula is C24H37N3O7. The number of amides is 2. The Kier molecular flexibility index (Phi) is 7.61. The van der Waals surface area contributed by atoms with Crippen LogP contribution in [-0.2, 0) is 28.6 Å². The third-order valence-electron chi connectivity index (χ3n) is 7.72. The van der Waals surface area contributed by atoms with Crippen LogP contribution < -0.4 is 0 Å². The van der Waals surface area contributed by atoms with Crippen molar-refractivity contribution in [2.45, 2.75) is 50.5 Å². The number of esters is 1. The summed E-state index contributed by atoms with van der Waals surface area (Å²) >= 11 is 0. The molecule has 0 aromatic heterocycles. The summed E-state index contributed by atoms with van der Waals surface area (Å²) in [5.74, 6) is -2.50. The first-order chi connectivity index (χ1) is 16.4. The first-order valence-electron chi connectivity index (χ1n) is 12.4. The number of rotatable bonds is 10. The molecule has 2 amide bonds. The van der Waals surface area contributed by atoms with E-state index < -0.39 is 41.6 Å². The Labute approximate surface area is 200 Å². The van der Waals surface area contributed by atoms with Crippen LogP contribution >= 0.6 is 0 Å². The fourth-order valence-corrected chi connectivity index (χ4v) is 6.15. The van der Waals surface area contributed by atoms with Crippen LogP contribution in [0.3, 0.4) is 0 Å². The molecule has 190 valence electrons. The summed E-state index contributed by atoms with van der Waals surface area (Å²) < 4.78 is 17.1. The van der Waals surface area contributed by atoms with Crippen LogP contribution in [0.2, 0.25) is 0 Å². The summed E-state index contributed by atoms with van der Waals surface area (Å²) in [4.78, 5) is 46.0. The molecule has 0 aliphatic carbocycles. The fraction of sp³-hybridized carbons (Fsp3) is 0.792. The highest BCUT2D eigenvalue weighted by Gasteiger charge is 2.75. The van der Waals surface area contributed by atoms with Gasteiger partial charge in [-0.3, -0.25) is 19.3 Å². The van der Waals surface area contributed by atoms with Gasteiger partial charge in [0.25, 0.3) is 0 Å². The number of carbonyl (C=O) groups is 3. The van der Waals surface area contributed by atoms with Crippen molar-refractivity contribution in [3.05, 3.63) is 12.7 Å². The number of nitrogens with zero attached hydrogens (tertiary/aromatic N) is 3. The third-order valence-corrected chi connectivity index (χ3v) is 7.72. The molecule has 4 aliphatic rings. The van der Waals surface area contributed by atoms with Gasteiger partial charge in [0.1, 0.15) is 11.6 Å². The van der Waals surface area contributed by atoms with Gasteiger partial charge in [0.15, 0.2) is 0 Å². The Bertz CT molecular complexity index is 801. The molecule has 4 fully saturated rings. The molecule has 0 radical (unpaired) electrons. The zero-order chi connectivity index (χ0) is 24.5. The predicted molar refractivity (Wildman–Crippen MR) is 122 cm³/mol. The van der Waals surface area contributed by atoms with E-state index in [0.29, 0.717) is 45.7 Å². The average molecular weight is 480 g/mol. The second-order valence-corrected chi connectivity index (χ2v) is 9.61. The lowest BCUT2D eigenvalue weighted by molar-refractivity contribution is -0.156. The highest BCUT2D eigenvalue weighted by atomic mass is 16.6. The fourth-order valence-electron chi connectivity index (χ4n) is 6.15. The quantitative estimate of drug-likeness (QED) is 0.335. The monoisotopic (exact) mass is 479 g/mol. The van der Waals surface area contributed by atoms with Crippen LogP contribution in [0, 0.1) is 11.8 Å². The number of hydrogen-bond donors (Lipinski definition) is 1. The van der Waals surface area contributed by atoms with Crippen LogP contribution in [0.15, 0.2) is 12.7 Å². The maximum atomic E-state index is 14.1. The Morgan fingerprint density at radius 1 is 1.38 bits per heavy atom. The van der Waals surface area contributed by atoms with Gasteiger partial charge >= 0.3 is 5.97 Å². The molecule has 4 aliphatic heterocycles. The van der Waals surface area contributed by atoms with Gasteiger partial charge in [0.05, 0.1) is 50.4 Å². The van der Waals surface area contributed by atoms with E-state index in [-0.39, 0.29) is 25.0 Å². The number of fused-ring (bicyclic) bond motifs is 1. The van der Waals surface area contributed by atoms with Crippen molar-refractivity contribution in [1.82, 2.24) is 14.7 Å². The van der Waals surface area contributed by atoms with Crippen molar-refractivity contribution in [1.29, 1.82) is 0 Å². The van der Waals surface area contributed by atoms with Gasteiger partial charge in [0, 0.05) is 32.7 Å². The van der Waals surface area contributed by atoms with Gasteiger partial charge in [-0.15, -0.1) is 6.58 Å². The zero-order valence-electron chi connectivity index (χ0n) is 20.2. The number of hydrogen-bond acceptors (Lipinski definition) is 8. The van der Waals surface area contributed by atoms with Crippen LogP contribution in [0.5, 0.6) is 0 Å². The summed E-state index contributed by atoms with van der Waals surface area (Å²) in [6.45, 7) is 11.6. The number of ether oxygens (including phenoxy) is 3. The van der Waals surface area contributed by atoms with Crippen molar-refractivity contribution in [3.8, 4) is 0 Å². The highest BCUT2D eigenvalue weighted by Crippen LogP contribution is 2.59. The molecule has 10 nitrogen and oxygen atoms in total. The summed E-state index contributed by atoms with van der Waals surface area (Å²) in [5.41, 5.74) is -1.09. The predicted octanol–water partition coefficient (Wildman–Crippen LogP) is -0.348. The van der Waals surface area contributed by atoms with Crippen molar-refractivity contribution in [3.63, 3.8) is 0 Å². The average Bonchev–Trinajstić information content (AvgIpc) is 3.49. The van der Waals surface area contributed by atoms with Crippen molar-refractivity contribution < 1.29 is 33.7 Å². The van der Waals surface area contributed by atoms with Gasteiger partial charge < -0.3 is 29.1 Å². The molecule has 10 heteroatoms. The van der Waals surface area contributed by atoms with Gasteiger partial charge in [-0.2, -0.15) is 0 Å². The largest absolute Gasteiger partial charge is 0.466 e. The van der Waals surface area contributed by atoms with Gasteiger partial charge in [-0.25, -0.2) is 0 Å². The summed E-state index contributed by atoms with van der Waals surface area (Å²) in [6, 6.07) is -1.49. The number of aliphatic hydroxyl groups excluding tert-OH is 1. The van der Waals surface area contributed by atoms with E-state index in [1.807, 2.05) is 0 Å². The molecular weight excluding hydrogens is 442 g/mol. The number of likely N-dealkylation sites (tertiary alicyclic amines) is 1. The standard InChI is InChI=1S/C24H37N3O7/c1-4-8-26(10-9-25-11-13-32-14-12-25)22(30)20-24-7-6-17(34-24)18(23(31)33-5-2)19(24)21(29)27(20)16(3)15-28/h4,16-20,28H,1,5-15H2,2-3H3/t16-,17+,18-,19+,20?,24?/m1/s1. The number of morpholine rings is 1. The van der Waals surface area contributed by atoms with Crippen LogP contribution in [0.1, 0.15) is 26.7 Å². The summed E-state index contributed by atoms with van der Waals surface area (Å²) in [7, 11) is 0. The van der Waals surface area contributed by atoms with E-state index in [1.54, 1.807) is 24.8 Å². The molecule has 1 N–H and O–H groups in total. The minimum atomic E-state index is -1.09. The van der Waals surface area contributed by atoms with E-state index in [0.717, 1.165) is 13.1 Å². The van der Waals surface area contributed by atoms with Gasteiger partial charge in [0.2, 0.25) is 11.8 Å². The molecule has 4 saturated heterocycles. The smallest absolute Gasteiger partial charge is 0.312 e. The molecule has 0 aromatic carbocycles. The molecule has 1 spiro atoms. The third kappa shape index (κ3) is 4.14. The second-order valence-electron chi connectivity index (χ2n) is 9.61. The first kappa shape index (κ1) is 25.1. The first-order valence-corrected chi connectivity index (χ1v) is 12.4. The van der Waals surface area contributed by atoms with Crippen LogP contribution in [0.25, 0.3) is 0 Å². The van der Waals surface area contributed by atoms with Gasteiger partial charge in [-0.1, -0.05) is 6.08 Å². The Hall–Kier alpha value is -2.01. The lowest BCUT2D eigenvalue weighted by Gasteiger charge is -2.39. The minimum Gasteiger partial charge on any atom is -0.466 e. The molecule has 2 bridgehead atoms. The van der Waals surface area contributed by atoms with E-state index in [2.05, 4.69) is 11.5 Å². The zero-order valence-corrected chi connectivity index (χ0v) is 20.2. The maximum absolute atomic E-state index is 14.1. The molecule has 4 heterocycles. The highest BCUT2D eigenvalue weighted by molar-refractivity contribution is 5.98. The van der Waals surface area contributed by atoms with Crippen molar-refractivity contribution >= 4 is 17.8 Å². The second kappa shape index (κ2) is 10.3. The van der Waals surface area contributed by atoms with E-state index in [1.165, 1.54) is 4.90 Å². The Balaban J connectivity index is 1.63. The Morgan fingerprint density at radius 2 is 2.12 bits per heavy atom. The normalized spacial score (nSPS) is 33.6. The summed E-state index contributed by atoms with van der Waals surface area (Å²) in [6.07, 6.45) is 2.35. The molecule has 2 unspecified atom stereocenters. The minimum absolute atomic E-state index is 0.212. The van der Waals surface area contributed by atoms with Gasteiger partial charge in [-0.05, 0) is 26.7 Å². The topological polar surface area (TPSA) is 109 Å².